The van der Waals surface area contributed by atoms with Crippen molar-refractivity contribution >= 4 is 48.3 Å². The summed E-state index contributed by atoms with van der Waals surface area (Å²) in [5, 5.41) is 3.93. The number of benzene rings is 1. The van der Waals surface area contributed by atoms with Gasteiger partial charge >= 0.3 is 0 Å². The van der Waals surface area contributed by atoms with E-state index in [1.807, 2.05) is 17.5 Å². The number of hydrogen-bond donors (Lipinski definition) is 0. The summed E-state index contributed by atoms with van der Waals surface area (Å²) in [4.78, 5) is 4.15. The van der Waals surface area contributed by atoms with Gasteiger partial charge in [-0.3, -0.25) is 4.98 Å². The highest BCUT2D eigenvalue weighted by Gasteiger charge is 2.09. The largest absolute Gasteiger partial charge is 0.252 e. The highest BCUT2D eigenvalue weighted by molar-refractivity contribution is 9.10. The smallest absolute Gasteiger partial charge is 0.163 e. The van der Waals surface area contributed by atoms with Gasteiger partial charge in [0.1, 0.15) is 5.52 Å². The van der Waals surface area contributed by atoms with Crippen molar-refractivity contribution in [2.75, 3.05) is 0 Å². The minimum atomic E-state index is -0.291. The van der Waals surface area contributed by atoms with Gasteiger partial charge in [0.15, 0.2) is 5.82 Å². The van der Waals surface area contributed by atoms with Crippen molar-refractivity contribution in [3.05, 3.63) is 40.1 Å². The number of hydrogen-bond acceptors (Lipinski definition) is 2. The Morgan fingerprint density at radius 3 is 2.93 bits per heavy atom. The third-order valence-corrected chi connectivity index (χ3v) is 3.83. The van der Waals surface area contributed by atoms with Gasteiger partial charge in [-0.25, -0.2) is 4.39 Å². The molecule has 74 valence electrons. The zero-order valence-corrected chi connectivity index (χ0v) is 9.90. The molecule has 4 heteroatoms. The zero-order chi connectivity index (χ0) is 10.4. The Morgan fingerprint density at radius 2 is 2.07 bits per heavy atom. The molecule has 0 saturated heterocycles. The first-order chi connectivity index (χ1) is 7.27. The van der Waals surface area contributed by atoms with Crippen LogP contribution in [-0.4, -0.2) is 4.98 Å². The Kier molecular flexibility index (Phi) is 2.00. The molecule has 3 aromatic rings. The molecule has 3 rings (SSSR count). The van der Waals surface area contributed by atoms with E-state index in [0.717, 1.165) is 15.5 Å². The lowest BCUT2D eigenvalue weighted by Gasteiger charge is -2.01. The van der Waals surface area contributed by atoms with E-state index in [9.17, 15) is 4.39 Å². The van der Waals surface area contributed by atoms with Gasteiger partial charge in [-0.05, 0) is 33.4 Å². The quantitative estimate of drug-likeness (QED) is 0.597. The Morgan fingerprint density at radius 1 is 1.20 bits per heavy atom. The van der Waals surface area contributed by atoms with E-state index >= 15 is 0 Å². The van der Waals surface area contributed by atoms with Crippen molar-refractivity contribution in [3.8, 4) is 0 Å². The van der Waals surface area contributed by atoms with E-state index in [2.05, 4.69) is 20.9 Å². The first-order valence-electron chi connectivity index (χ1n) is 4.37. The molecule has 0 aliphatic rings. The van der Waals surface area contributed by atoms with Crippen molar-refractivity contribution in [2.24, 2.45) is 0 Å². The van der Waals surface area contributed by atoms with Crippen molar-refractivity contribution in [2.45, 2.75) is 0 Å². The average Bonchev–Trinajstić information content (AvgIpc) is 2.71. The summed E-state index contributed by atoms with van der Waals surface area (Å²) in [7, 11) is 0. The minimum absolute atomic E-state index is 0.291. The second kappa shape index (κ2) is 3.25. The fourth-order valence-corrected chi connectivity index (χ4v) is 2.74. The molecule has 0 bridgehead atoms. The molecule has 0 N–H and O–H groups in total. The van der Waals surface area contributed by atoms with Crippen LogP contribution in [0, 0.1) is 5.82 Å². The standard InChI is InChI=1S/C11H5BrFNS/c12-8-2-1-7-6-3-4-15-9(6)5-14-11(7)10(8)13/h1-5H. The Hall–Kier alpha value is -1.00. The van der Waals surface area contributed by atoms with Crippen LogP contribution >= 0.6 is 27.3 Å². The normalized spacial score (nSPS) is 11.3. The highest BCUT2D eigenvalue weighted by Crippen LogP contribution is 2.31. The molecule has 1 nitrogen and oxygen atoms in total. The van der Waals surface area contributed by atoms with Gasteiger partial charge in [-0.1, -0.05) is 6.07 Å². The third kappa shape index (κ3) is 1.28. The van der Waals surface area contributed by atoms with Gasteiger partial charge in [0.25, 0.3) is 0 Å². The lowest BCUT2D eigenvalue weighted by atomic mass is 10.1. The monoisotopic (exact) mass is 281 g/mol. The maximum absolute atomic E-state index is 13.7. The summed E-state index contributed by atoms with van der Waals surface area (Å²) in [5.74, 6) is -0.291. The molecule has 0 spiro atoms. The second-order valence-corrected chi connectivity index (χ2v) is 5.02. The van der Waals surface area contributed by atoms with Crippen molar-refractivity contribution in [3.63, 3.8) is 0 Å². The predicted molar refractivity (Wildman–Crippen MR) is 64.8 cm³/mol. The van der Waals surface area contributed by atoms with Crippen LogP contribution in [0.4, 0.5) is 4.39 Å². The summed E-state index contributed by atoms with van der Waals surface area (Å²) in [6.07, 6.45) is 1.72. The first kappa shape index (κ1) is 9.24. The van der Waals surface area contributed by atoms with Crippen molar-refractivity contribution in [1.82, 2.24) is 4.98 Å². The van der Waals surface area contributed by atoms with Gasteiger partial charge in [-0.2, -0.15) is 0 Å². The van der Waals surface area contributed by atoms with Gasteiger partial charge < -0.3 is 0 Å². The molecule has 1 aromatic carbocycles. The number of rotatable bonds is 0. The first-order valence-corrected chi connectivity index (χ1v) is 6.04. The SMILES string of the molecule is Fc1c(Br)ccc2c1ncc1sccc12. The van der Waals surface area contributed by atoms with Crippen LogP contribution in [0.5, 0.6) is 0 Å². The molecule has 0 saturated carbocycles. The average molecular weight is 282 g/mol. The lowest BCUT2D eigenvalue weighted by Crippen LogP contribution is -1.85. The van der Waals surface area contributed by atoms with E-state index in [0.29, 0.717) is 9.99 Å². The van der Waals surface area contributed by atoms with Gasteiger partial charge in [-0.15, -0.1) is 11.3 Å². The number of aromatic nitrogens is 1. The van der Waals surface area contributed by atoms with E-state index in [1.54, 1.807) is 23.6 Å². The number of fused-ring (bicyclic) bond motifs is 3. The Bertz CT molecular complexity index is 662. The van der Waals surface area contributed by atoms with Gasteiger partial charge in [0.2, 0.25) is 0 Å². The molecule has 0 amide bonds. The Labute approximate surface area is 97.7 Å². The summed E-state index contributed by atoms with van der Waals surface area (Å²) < 4.78 is 15.3. The molecule has 0 fully saturated rings. The molecule has 2 aromatic heterocycles. The maximum Gasteiger partial charge on any atom is 0.163 e. The number of pyridine rings is 1. The molecular weight excluding hydrogens is 277 g/mol. The van der Waals surface area contributed by atoms with Crippen LogP contribution in [0.3, 0.4) is 0 Å². The predicted octanol–water partition coefficient (Wildman–Crippen LogP) is 4.35. The van der Waals surface area contributed by atoms with E-state index in [4.69, 9.17) is 0 Å². The van der Waals surface area contributed by atoms with E-state index in [-0.39, 0.29) is 5.82 Å². The molecule has 0 unspecified atom stereocenters. The molecule has 15 heavy (non-hydrogen) atoms. The van der Waals surface area contributed by atoms with Gasteiger partial charge in [0, 0.05) is 17.0 Å². The molecule has 0 atom stereocenters. The maximum atomic E-state index is 13.7. The number of thiophene rings is 1. The van der Waals surface area contributed by atoms with Crippen LogP contribution < -0.4 is 0 Å². The van der Waals surface area contributed by atoms with Crippen LogP contribution in [-0.2, 0) is 0 Å². The minimum Gasteiger partial charge on any atom is -0.252 e. The Balaban J connectivity index is 2.60. The number of nitrogens with zero attached hydrogens (tertiary/aromatic N) is 1. The lowest BCUT2D eigenvalue weighted by molar-refractivity contribution is 0.630. The molecule has 0 radical (unpaired) electrons. The van der Waals surface area contributed by atoms with E-state index in [1.165, 1.54) is 0 Å². The molecular formula is C11H5BrFNS. The summed E-state index contributed by atoms with van der Waals surface area (Å²) in [6.45, 7) is 0. The molecule has 0 aliphatic heterocycles. The van der Waals surface area contributed by atoms with Gasteiger partial charge in [0.05, 0.1) is 9.17 Å². The third-order valence-electron chi connectivity index (χ3n) is 2.37. The van der Waals surface area contributed by atoms with Crippen LogP contribution in [0.2, 0.25) is 0 Å². The second-order valence-electron chi connectivity index (χ2n) is 3.21. The fourth-order valence-electron chi connectivity index (χ4n) is 1.65. The number of halogens is 2. The van der Waals surface area contributed by atoms with E-state index < -0.39 is 0 Å². The summed E-state index contributed by atoms with van der Waals surface area (Å²) in [6, 6.07) is 5.61. The zero-order valence-electron chi connectivity index (χ0n) is 7.50. The van der Waals surface area contributed by atoms with Crippen LogP contribution in [0.1, 0.15) is 0 Å². The summed E-state index contributed by atoms with van der Waals surface area (Å²) >= 11 is 4.77. The highest BCUT2D eigenvalue weighted by atomic mass is 79.9. The molecule has 2 heterocycles. The van der Waals surface area contributed by atoms with Crippen LogP contribution in [0.15, 0.2) is 34.2 Å². The summed E-state index contributed by atoms with van der Waals surface area (Å²) in [5.41, 5.74) is 0.426. The van der Waals surface area contributed by atoms with Crippen molar-refractivity contribution < 1.29 is 4.39 Å². The fraction of sp³-hybridized carbons (Fsp3) is 0. The van der Waals surface area contributed by atoms with Crippen molar-refractivity contribution in [1.29, 1.82) is 0 Å². The van der Waals surface area contributed by atoms with Crippen LogP contribution in [0.25, 0.3) is 21.0 Å². The topological polar surface area (TPSA) is 12.9 Å². The molecule has 0 aliphatic carbocycles.